The second-order valence-electron chi connectivity index (χ2n) is 10.2. The van der Waals surface area contributed by atoms with Crippen molar-refractivity contribution in [1.82, 2.24) is 4.44 Å². The highest BCUT2D eigenvalue weighted by molar-refractivity contribution is 7.97. The maximum atomic E-state index is 5.38. The summed E-state index contributed by atoms with van der Waals surface area (Å²) in [5.41, 5.74) is 3.76. The van der Waals surface area contributed by atoms with E-state index in [1.165, 1.54) is 34.6 Å². The highest BCUT2D eigenvalue weighted by atomic mass is 31.2. The Morgan fingerprint density at radius 1 is 0.676 bits per heavy atom. The molecule has 1 fully saturated rings. The lowest BCUT2D eigenvalue weighted by Crippen LogP contribution is -2.37. The van der Waals surface area contributed by atoms with Crippen molar-refractivity contribution < 1.29 is 0 Å². The van der Waals surface area contributed by atoms with Gasteiger partial charge in [-0.25, -0.2) is 0 Å². The van der Waals surface area contributed by atoms with E-state index in [9.17, 15) is 0 Å². The van der Waals surface area contributed by atoms with Crippen molar-refractivity contribution in [2.45, 2.75) is 43.9 Å². The molecule has 0 radical (unpaired) electrons. The number of rotatable bonds is 9. The van der Waals surface area contributed by atoms with Gasteiger partial charge in [0.2, 0.25) is 0 Å². The van der Waals surface area contributed by atoms with Crippen molar-refractivity contribution in [2.75, 3.05) is 6.54 Å². The van der Waals surface area contributed by atoms with E-state index in [-0.39, 0.29) is 0 Å². The molecule has 37 heavy (non-hydrogen) atoms. The van der Waals surface area contributed by atoms with Crippen molar-refractivity contribution in [3.05, 3.63) is 146 Å². The van der Waals surface area contributed by atoms with Crippen LogP contribution in [-0.2, 0) is 0 Å². The summed E-state index contributed by atoms with van der Waals surface area (Å²) >= 11 is 0. The van der Waals surface area contributed by atoms with Crippen LogP contribution in [0, 0.1) is 13.3 Å². The van der Waals surface area contributed by atoms with E-state index < -0.39 is 14.8 Å². The molecular weight excluding hydrogens is 484 g/mol. The third kappa shape index (κ3) is 4.95. The Morgan fingerprint density at radius 3 is 1.43 bits per heavy atom. The van der Waals surface area contributed by atoms with E-state index in [2.05, 4.69) is 133 Å². The number of unbranched alkanes of at least 4 members (excludes halogenated alkanes) is 1. The molecule has 4 aromatic carbocycles. The van der Waals surface area contributed by atoms with Crippen LogP contribution >= 0.6 is 14.8 Å². The van der Waals surface area contributed by atoms with Gasteiger partial charge in [0.25, 0.3) is 0 Å². The molecule has 190 valence electrons. The molecule has 0 aliphatic carbocycles. The predicted molar refractivity (Wildman–Crippen MR) is 166 cm³/mol. The first-order valence-electron chi connectivity index (χ1n) is 13.6. The molecule has 1 aliphatic heterocycles. The second-order valence-corrected chi connectivity index (χ2v) is 17.1. The van der Waals surface area contributed by atoms with E-state index in [0.717, 1.165) is 19.4 Å². The monoisotopic (exact) mass is 523 g/mol. The quantitative estimate of drug-likeness (QED) is 0.156. The van der Waals surface area contributed by atoms with Crippen LogP contribution in [-0.4, -0.2) is 11.0 Å². The molecule has 1 nitrogen and oxygen atoms in total. The average molecular weight is 524 g/mol. The summed E-state index contributed by atoms with van der Waals surface area (Å²) in [4.78, 5) is 0. The Balaban J connectivity index is 1.76. The third-order valence-corrected chi connectivity index (χ3v) is 17.6. The molecule has 0 unspecified atom stereocenters. The SMILES string of the molecule is [CH2-][P+](c1ccccc1)(c1ccccc1)N(CCCC)[P+]1([CH2-])[C@H](c2ccccc2)CC[C@H]1c1ccccc1. The van der Waals surface area contributed by atoms with Crippen LogP contribution in [0.15, 0.2) is 121 Å². The van der Waals surface area contributed by atoms with Gasteiger partial charge in [-0.15, -0.1) is 11.1 Å². The van der Waals surface area contributed by atoms with Crippen LogP contribution < -0.4 is 10.6 Å². The molecule has 0 N–H and O–H groups in total. The maximum absolute atomic E-state index is 5.38. The molecule has 4 aromatic rings. The molecular formula is C34H39NP2. The van der Waals surface area contributed by atoms with Crippen molar-refractivity contribution in [3.63, 3.8) is 0 Å². The molecule has 0 spiro atoms. The van der Waals surface area contributed by atoms with Crippen molar-refractivity contribution in [3.8, 4) is 0 Å². The number of hydrogen-bond acceptors (Lipinski definition) is 1. The smallest absolute Gasteiger partial charge is 0.0906 e. The van der Waals surface area contributed by atoms with Crippen LogP contribution in [0.3, 0.4) is 0 Å². The van der Waals surface area contributed by atoms with E-state index in [4.69, 9.17) is 13.3 Å². The number of hydrogen-bond donors (Lipinski definition) is 0. The van der Waals surface area contributed by atoms with Gasteiger partial charge in [0, 0.05) is 7.41 Å². The van der Waals surface area contributed by atoms with Gasteiger partial charge in [-0.2, -0.15) is 6.66 Å². The van der Waals surface area contributed by atoms with E-state index in [0.29, 0.717) is 11.3 Å². The fourth-order valence-electron chi connectivity index (χ4n) is 6.21. The van der Waals surface area contributed by atoms with Gasteiger partial charge in [-0.1, -0.05) is 110 Å². The van der Waals surface area contributed by atoms with Crippen molar-refractivity contribution in [1.29, 1.82) is 0 Å². The topological polar surface area (TPSA) is 3.24 Å². The van der Waals surface area contributed by atoms with Crippen LogP contribution in [0.25, 0.3) is 0 Å². The lowest BCUT2D eigenvalue weighted by Gasteiger charge is -2.51. The minimum Gasteiger partial charge on any atom is -0.158 e. The van der Waals surface area contributed by atoms with E-state index in [1.54, 1.807) is 0 Å². The Hall–Kier alpha value is -2.30. The highest BCUT2D eigenvalue weighted by Crippen LogP contribution is 2.91. The number of nitrogens with zero attached hydrogens (tertiary/aromatic N) is 1. The largest absolute Gasteiger partial charge is 0.158 e. The molecule has 3 heteroatoms. The van der Waals surface area contributed by atoms with E-state index in [1.807, 2.05) is 0 Å². The number of benzene rings is 4. The lowest BCUT2D eigenvalue weighted by atomic mass is 10.0. The third-order valence-electron chi connectivity index (χ3n) is 8.06. The zero-order valence-corrected chi connectivity index (χ0v) is 23.8. The minimum absolute atomic E-state index is 0.435. The predicted octanol–water partition coefficient (Wildman–Crippen LogP) is 9.46. The Morgan fingerprint density at radius 2 is 1.05 bits per heavy atom. The summed E-state index contributed by atoms with van der Waals surface area (Å²) in [5.74, 6) is 0. The summed E-state index contributed by atoms with van der Waals surface area (Å²) in [6.45, 7) is 13.9. The molecule has 0 amide bonds. The Labute approximate surface area is 225 Å². The molecule has 1 aliphatic rings. The molecule has 1 saturated heterocycles. The van der Waals surface area contributed by atoms with Gasteiger partial charge in [0.15, 0.2) is 0 Å². The van der Waals surface area contributed by atoms with Gasteiger partial charge in [-0.05, 0) is 54.7 Å². The first-order chi connectivity index (χ1) is 18.1. The van der Waals surface area contributed by atoms with Gasteiger partial charge in [0.05, 0.1) is 35.9 Å². The maximum Gasteiger partial charge on any atom is 0.0906 e. The van der Waals surface area contributed by atoms with Gasteiger partial charge < -0.3 is 0 Å². The van der Waals surface area contributed by atoms with Crippen molar-refractivity contribution >= 4 is 25.4 Å². The van der Waals surface area contributed by atoms with Gasteiger partial charge in [0.1, 0.15) is 0 Å². The average Bonchev–Trinajstić information content (AvgIpc) is 3.32. The van der Waals surface area contributed by atoms with Gasteiger partial charge >= 0.3 is 0 Å². The fraction of sp³-hybridized carbons (Fsp3) is 0.235. The summed E-state index contributed by atoms with van der Waals surface area (Å²) < 4.78 is 2.91. The summed E-state index contributed by atoms with van der Waals surface area (Å²) in [6.07, 6.45) is 4.66. The summed E-state index contributed by atoms with van der Waals surface area (Å²) in [7, 11) is -4.18. The van der Waals surface area contributed by atoms with Crippen LogP contribution in [0.4, 0.5) is 0 Å². The molecule has 0 aromatic heterocycles. The first-order valence-corrected chi connectivity index (χ1v) is 17.5. The lowest BCUT2D eigenvalue weighted by molar-refractivity contribution is 0.620. The molecule has 5 rings (SSSR count). The zero-order valence-electron chi connectivity index (χ0n) is 22.0. The molecule has 2 atom stereocenters. The summed E-state index contributed by atoms with van der Waals surface area (Å²) in [5, 5.41) is 2.71. The molecule has 0 saturated carbocycles. The highest BCUT2D eigenvalue weighted by Gasteiger charge is 2.60. The van der Waals surface area contributed by atoms with Crippen LogP contribution in [0.2, 0.25) is 0 Å². The Bertz CT molecular complexity index is 1160. The minimum atomic E-state index is -2.17. The molecule has 0 bridgehead atoms. The van der Waals surface area contributed by atoms with Crippen LogP contribution in [0.1, 0.15) is 55.1 Å². The van der Waals surface area contributed by atoms with Crippen LogP contribution in [0.5, 0.6) is 0 Å². The zero-order chi connectivity index (χ0) is 25.7. The molecule has 1 heterocycles. The van der Waals surface area contributed by atoms with E-state index >= 15 is 0 Å². The van der Waals surface area contributed by atoms with Crippen molar-refractivity contribution in [2.24, 2.45) is 0 Å². The summed E-state index contributed by atoms with van der Waals surface area (Å²) in [6, 6.07) is 44.6. The fourth-order valence-corrected chi connectivity index (χ4v) is 16.7. The standard InChI is InChI=1S/C34H39NP2/c1-4-5-28-35(36(2,31-22-14-8-15-23-31)32-24-16-9-17-25-32)37(3)33(29-18-10-6-11-19-29)26-27-34(37)30-20-12-7-13-21-30/h6-25,33-34H,2-5,26-28H2,1H3/t33-,34-/m0/s1. The normalized spacial score (nSPS) is 19.2. The first kappa shape index (κ1) is 26.3. The second kappa shape index (κ2) is 11.6. The van der Waals surface area contributed by atoms with Gasteiger partial charge in [-0.3, -0.25) is 0 Å². The Kier molecular flexibility index (Phi) is 8.26.